The fourth-order valence-corrected chi connectivity index (χ4v) is 1.76. The summed E-state index contributed by atoms with van der Waals surface area (Å²) in [5.74, 6) is 5.86. The Hall–Kier alpha value is -2.02. The Kier molecular flexibility index (Phi) is 4.40. The van der Waals surface area contributed by atoms with Gasteiger partial charge in [-0.15, -0.1) is 0 Å². The largest absolute Gasteiger partial charge is 0.411 e. The van der Waals surface area contributed by atoms with E-state index in [1.807, 2.05) is 18.2 Å². The fraction of sp³-hybridized carbons (Fsp3) is 0. The third kappa shape index (κ3) is 3.47. The second-order valence-corrected chi connectivity index (χ2v) is 4.36. The van der Waals surface area contributed by atoms with Crippen LogP contribution in [-0.4, -0.2) is 16.4 Å². The fourth-order valence-electron chi connectivity index (χ4n) is 1.41. The molecule has 2 rings (SSSR count). The predicted octanol–water partition coefficient (Wildman–Crippen LogP) is 3.60. The molecule has 0 amide bonds. The van der Waals surface area contributed by atoms with Crippen LogP contribution < -0.4 is 0 Å². The van der Waals surface area contributed by atoms with E-state index in [1.54, 1.807) is 12.1 Å². The molecule has 3 nitrogen and oxygen atoms in total. The number of benzene rings is 1. The summed E-state index contributed by atoms with van der Waals surface area (Å²) in [5.41, 5.74) is 1.90. The van der Waals surface area contributed by atoms with Crippen LogP contribution >= 0.6 is 23.2 Å². The number of rotatable bonds is 1. The Morgan fingerprint density at radius 3 is 2.63 bits per heavy atom. The molecule has 5 heteroatoms. The molecule has 1 N–H and O–H groups in total. The molecule has 0 fully saturated rings. The number of aromatic nitrogens is 1. The molecule has 94 valence electrons. The first-order chi connectivity index (χ1) is 9.20. The van der Waals surface area contributed by atoms with Crippen molar-refractivity contribution >= 4 is 29.4 Å². The van der Waals surface area contributed by atoms with Crippen LogP contribution in [0.4, 0.5) is 0 Å². The van der Waals surface area contributed by atoms with Crippen molar-refractivity contribution in [3.63, 3.8) is 0 Å². The smallest absolute Gasteiger partial charge is 0.129 e. The lowest BCUT2D eigenvalue weighted by Crippen LogP contribution is -1.91. The van der Waals surface area contributed by atoms with Crippen molar-refractivity contribution in [1.29, 1.82) is 0 Å². The second kappa shape index (κ2) is 6.24. The normalized spacial score (nSPS) is 10.2. The summed E-state index contributed by atoms with van der Waals surface area (Å²) in [5, 5.41) is 12.5. The van der Waals surface area contributed by atoms with Crippen molar-refractivity contribution in [3.05, 3.63) is 63.4 Å². The number of halogens is 2. The van der Waals surface area contributed by atoms with Crippen molar-refractivity contribution in [2.24, 2.45) is 5.16 Å². The molecule has 2 aromatic rings. The van der Waals surface area contributed by atoms with Crippen LogP contribution in [0.5, 0.6) is 0 Å². The van der Waals surface area contributed by atoms with E-state index in [-0.39, 0.29) is 0 Å². The molecular weight excluding hydrogens is 283 g/mol. The van der Waals surface area contributed by atoms with E-state index in [0.717, 1.165) is 0 Å². The zero-order chi connectivity index (χ0) is 13.7. The van der Waals surface area contributed by atoms with Gasteiger partial charge in [0.05, 0.1) is 16.8 Å². The van der Waals surface area contributed by atoms with Gasteiger partial charge in [0.1, 0.15) is 5.15 Å². The van der Waals surface area contributed by atoms with Crippen LogP contribution in [0.1, 0.15) is 16.7 Å². The Bertz CT molecular complexity index is 687. The third-order valence-corrected chi connectivity index (χ3v) is 2.84. The summed E-state index contributed by atoms with van der Waals surface area (Å²) >= 11 is 11.8. The van der Waals surface area contributed by atoms with Gasteiger partial charge in [0.2, 0.25) is 0 Å². The third-order valence-electron chi connectivity index (χ3n) is 2.31. The quantitative estimate of drug-likeness (QED) is 0.287. The van der Waals surface area contributed by atoms with E-state index in [1.165, 1.54) is 12.4 Å². The summed E-state index contributed by atoms with van der Waals surface area (Å²) in [7, 11) is 0. The minimum atomic E-state index is 0.304. The summed E-state index contributed by atoms with van der Waals surface area (Å²) in [6.45, 7) is 0. The van der Waals surface area contributed by atoms with E-state index in [9.17, 15) is 0 Å². The first-order valence-corrected chi connectivity index (χ1v) is 6.06. The highest BCUT2D eigenvalue weighted by Crippen LogP contribution is 2.14. The predicted molar refractivity (Wildman–Crippen MR) is 76.1 cm³/mol. The number of nitrogens with zero attached hydrogens (tertiary/aromatic N) is 2. The van der Waals surface area contributed by atoms with Crippen molar-refractivity contribution in [3.8, 4) is 11.8 Å². The highest BCUT2D eigenvalue weighted by Gasteiger charge is 2.00. The molecule has 19 heavy (non-hydrogen) atoms. The van der Waals surface area contributed by atoms with E-state index >= 15 is 0 Å². The monoisotopic (exact) mass is 290 g/mol. The van der Waals surface area contributed by atoms with Gasteiger partial charge in [-0.05, 0) is 18.2 Å². The Morgan fingerprint density at radius 1 is 1.16 bits per heavy atom. The minimum Gasteiger partial charge on any atom is -0.411 e. The van der Waals surface area contributed by atoms with Crippen molar-refractivity contribution in [1.82, 2.24) is 4.98 Å². The van der Waals surface area contributed by atoms with Crippen LogP contribution in [0.15, 0.2) is 41.7 Å². The number of pyridine rings is 1. The van der Waals surface area contributed by atoms with Gasteiger partial charge < -0.3 is 5.21 Å². The molecule has 0 bridgehead atoms. The lowest BCUT2D eigenvalue weighted by Gasteiger charge is -1.98. The molecule has 0 aliphatic rings. The zero-order valence-corrected chi connectivity index (χ0v) is 11.2. The first kappa shape index (κ1) is 13.4. The number of hydrogen-bond acceptors (Lipinski definition) is 3. The molecule has 1 heterocycles. The van der Waals surface area contributed by atoms with E-state index in [2.05, 4.69) is 22.0 Å². The molecule has 0 aliphatic heterocycles. The van der Waals surface area contributed by atoms with Crippen molar-refractivity contribution < 1.29 is 5.21 Å². The average Bonchev–Trinajstić information content (AvgIpc) is 2.40. The Balaban J connectivity index is 2.42. The summed E-state index contributed by atoms with van der Waals surface area (Å²) in [4.78, 5) is 3.94. The molecule has 0 radical (unpaired) electrons. The standard InChI is InChI=1S/C14H8Cl2N2O/c15-13-4-2-1-3-10(13)5-6-11-8-17-14(16)7-12(11)9-18-19/h1-4,7-9,19H/b18-9+. The maximum atomic E-state index is 8.60. The molecule has 0 unspecified atom stereocenters. The van der Waals surface area contributed by atoms with Gasteiger partial charge in [0.25, 0.3) is 0 Å². The van der Waals surface area contributed by atoms with Crippen LogP contribution in [0.2, 0.25) is 10.2 Å². The molecule has 0 atom stereocenters. The van der Waals surface area contributed by atoms with Gasteiger partial charge in [-0.3, -0.25) is 0 Å². The Labute approximate surface area is 120 Å². The molecule has 0 spiro atoms. The van der Waals surface area contributed by atoms with Crippen LogP contribution in [0.25, 0.3) is 0 Å². The van der Waals surface area contributed by atoms with Gasteiger partial charge in [0, 0.05) is 17.3 Å². The van der Waals surface area contributed by atoms with Crippen LogP contribution in [0.3, 0.4) is 0 Å². The van der Waals surface area contributed by atoms with Crippen molar-refractivity contribution in [2.45, 2.75) is 0 Å². The summed E-state index contributed by atoms with van der Waals surface area (Å²) < 4.78 is 0. The number of oxime groups is 1. The maximum absolute atomic E-state index is 8.60. The first-order valence-electron chi connectivity index (χ1n) is 5.30. The minimum absolute atomic E-state index is 0.304. The van der Waals surface area contributed by atoms with Gasteiger partial charge in [0.15, 0.2) is 0 Å². The van der Waals surface area contributed by atoms with Gasteiger partial charge in [-0.1, -0.05) is 52.3 Å². The number of hydrogen-bond donors (Lipinski definition) is 1. The van der Waals surface area contributed by atoms with Gasteiger partial charge in [-0.2, -0.15) is 0 Å². The van der Waals surface area contributed by atoms with Crippen molar-refractivity contribution in [2.75, 3.05) is 0 Å². The lowest BCUT2D eigenvalue weighted by atomic mass is 10.1. The maximum Gasteiger partial charge on any atom is 0.129 e. The average molecular weight is 291 g/mol. The molecule has 0 aliphatic carbocycles. The summed E-state index contributed by atoms with van der Waals surface area (Å²) in [6, 6.07) is 8.84. The van der Waals surface area contributed by atoms with E-state index in [4.69, 9.17) is 28.4 Å². The van der Waals surface area contributed by atoms with Gasteiger partial charge >= 0.3 is 0 Å². The lowest BCUT2D eigenvalue weighted by molar-refractivity contribution is 0.322. The van der Waals surface area contributed by atoms with Crippen LogP contribution in [-0.2, 0) is 0 Å². The van der Waals surface area contributed by atoms with Gasteiger partial charge in [-0.25, -0.2) is 4.98 Å². The topological polar surface area (TPSA) is 45.5 Å². The zero-order valence-electron chi connectivity index (χ0n) is 9.64. The van der Waals surface area contributed by atoms with E-state index < -0.39 is 0 Å². The Morgan fingerprint density at radius 2 is 1.89 bits per heavy atom. The summed E-state index contributed by atoms with van der Waals surface area (Å²) in [6.07, 6.45) is 2.77. The second-order valence-electron chi connectivity index (χ2n) is 3.57. The molecular formula is C14H8Cl2N2O. The van der Waals surface area contributed by atoms with Crippen LogP contribution in [0, 0.1) is 11.8 Å². The highest BCUT2D eigenvalue weighted by atomic mass is 35.5. The highest BCUT2D eigenvalue weighted by molar-refractivity contribution is 6.31. The van der Waals surface area contributed by atoms with E-state index in [0.29, 0.717) is 26.9 Å². The SMILES string of the molecule is O/N=C/c1cc(Cl)ncc1C#Cc1ccccc1Cl. The molecule has 1 aromatic heterocycles. The molecule has 1 aromatic carbocycles. The molecule has 0 saturated heterocycles. The molecule has 0 saturated carbocycles.